The Balaban J connectivity index is 1.92. The molecule has 0 saturated heterocycles. The number of benzene rings is 1. The van der Waals surface area contributed by atoms with Crippen LogP contribution in [0.5, 0.6) is 0 Å². The Kier molecular flexibility index (Phi) is 3.72. The van der Waals surface area contributed by atoms with Gasteiger partial charge in [-0.3, -0.25) is 0 Å². The molecule has 1 aliphatic heterocycles. The molecule has 0 unspecified atom stereocenters. The van der Waals surface area contributed by atoms with Crippen LogP contribution < -0.4 is 0 Å². The lowest BCUT2D eigenvalue weighted by Gasteiger charge is -2.08. The van der Waals surface area contributed by atoms with Crippen LogP contribution in [-0.2, 0) is 11.4 Å². The molecule has 0 fully saturated rings. The summed E-state index contributed by atoms with van der Waals surface area (Å²) in [6, 6.07) is 0. The maximum Gasteiger partial charge on any atom is 0.159 e. The van der Waals surface area contributed by atoms with E-state index in [0.717, 1.165) is 51.1 Å². The Morgan fingerprint density at radius 1 is 0.750 bits per heavy atom. The fourth-order valence-corrected chi connectivity index (χ4v) is 6.21. The lowest BCUT2D eigenvalue weighted by molar-refractivity contribution is 1.38. The fraction of sp³-hybridized carbons (Fsp3) is 0. The third-order valence-corrected chi connectivity index (χ3v) is 7.42. The van der Waals surface area contributed by atoms with Crippen LogP contribution in [0.15, 0.2) is 29.0 Å². The Bertz CT molecular complexity index is 1100. The number of hydrogen-bond acceptors (Lipinski definition) is 9. The van der Waals surface area contributed by atoms with Gasteiger partial charge in [0.05, 0.1) is 44.0 Å². The lowest BCUT2D eigenvalue weighted by atomic mass is 10.0. The number of aromatic nitrogens is 4. The topological polar surface area (TPSA) is 76.3 Å². The molecule has 0 radical (unpaired) electrons. The molecule has 0 aliphatic carbocycles. The second-order valence-electron chi connectivity index (χ2n) is 4.63. The van der Waals surface area contributed by atoms with Crippen molar-refractivity contribution in [1.82, 2.24) is 18.7 Å². The zero-order valence-corrected chi connectivity index (χ0v) is 17.7. The summed E-state index contributed by atoms with van der Waals surface area (Å²) in [5, 5.41) is 0. The van der Waals surface area contributed by atoms with E-state index >= 15 is 0 Å². The van der Waals surface area contributed by atoms with E-state index in [1.807, 2.05) is 12.4 Å². The zero-order chi connectivity index (χ0) is 16.3. The van der Waals surface area contributed by atoms with Gasteiger partial charge in [0, 0.05) is 12.4 Å². The summed E-state index contributed by atoms with van der Waals surface area (Å²) in [6.07, 6.45) is 3.65. The molecule has 0 amide bonds. The van der Waals surface area contributed by atoms with Crippen LogP contribution in [0.2, 0.25) is 0 Å². The molecule has 4 heterocycles. The average molecular weight is 518 g/mol. The minimum atomic E-state index is 0.820. The molecule has 0 bridgehead atoms. The molecule has 24 heavy (non-hydrogen) atoms. The van der Waals surface area contributed by atoms with Crippen LogP contribution >= 0.6 is 66.3 Å². The van der Waals surface area contributed by atoms with Gasteiger partial charge in [0.2, 0.25) is 0 Å². The lowest BCUT2D eigenvalue weighted by Crippen LogP contribution is -1.85. The summed E-state index contributed by atoms with van der Waals surface area (Å²) in [6.45, 7) is 0. The summed E-state index contributed by atoms with van der Waals surface area (Å²) in [4.78, 5) is 10.6. The first kappa shape index (κ1) is 15.3. The first-order chi connectivity index (χ1) is 11.7. The van der Waals surface area contributed by atoms with Gasteiger partial charge in [0.1, 0.15) is 22.4 Å². The predicted molar refractivity (Wildman–Crippen MR) is 107 cm³/mol. The Morgan fingerprint density at radius 2 is 1.25 bits per heavy atom. The van der Waals surface area contributed by atoms with Crippen molar-refractivity contribution >= 4 is 100 Å². The predicted octanol–water partition coefficient (Wildman–Crippen LogP) is 6.19. The highest BCUT2D eigenvalue weighted by Gasteiger charge is 2.27. The highest BCUT2D eigenvalue weighted by molar-refractivity contribution is 9.11. The van der Waals surface area contributed by atoms with E-state index in [1.165, 1.54) is 23.1 Å². The van der Waals surface area contributed by atoms with Crippen LogP contribution in [-0.4, -0.2) is 18.7 Å². The molecule has 4 aromatic rings. The van der Waals surface area contributed by atoms with Gasteiger partial charge in [-0.2, -0.15) is 17.5 Å². The van der Waals surface area contributed by atoms with Crippen LogP contribution in [0.25, 0.3) is 31.9 Å². The van der Waals surface area contributed by atoms with Crippen molar-refractivity contribution in [2.24, 2.45) is 8.73 Å². The largest absolute Gasteiger partial charge is 0.237 e. The van der Waals surface area contributed by atoms with E-state index in [9.17, 15) is 0 Å². The first-order valence-corrected chi connectivity index (χ1v) is 11.0. The highest BCUT2D eigenvalue weighted by atomic mass is 79.9. The summed E-state index contributed by atoms with van der Waals surface area (Å²) in [7, 11) is 0. The average Bonchev–Trinajstić information content (AvgIpc) is 3.31. The van der Waals surface area contributed by atoms with Crippen molar-refractivity contribution in [2.75, 3.05) is 0 Å². The summed E-state index contributed by atoms with van der Waals surface area (Å²) >= 11 is 12.3. The molecule has 3 aromatic heterocycles. The summed E-state index contributed by atoms with van der Waals surface area (Å²) in [5.41, 5.74) is 5.20. The standard InChI is InChI=1S/C12H2Br2N6S4/c13-11-15-1-3(21-11)5-7-9(19-23-17-7)6(4-2-16-12(14)22-4)10-8(5)18-24-20-10/h1-2H. The number of rotatable bonds is 2. The van der Waals surface area contributed by atoms with Crippen LogP contribution in [0.3, 0.4) is 0 Å². The maximum absolute atomic E-state index is 4.53. The SMILES string of the molecule is Brc1ncc(-c2c3c(c(-c4cnc(Br)s4)c4nsnc24)N=S=N3)s1. The fourth-order valence-electron chi connectivity index (χ4n) is 2.46. The minimum absolute atomic E-state index is 0.820. The highest BCUT2D eigenvalue weighted by Crippen LogP contribution is 2.53. The van der Waals surface area contributed by atoms with Crippen LogP contribution in [0.1, 0.15) is 0 Å². The van der Waals surface area contributed by atoms with Gasteiger partial charge in [0.15, 0.2) is 7.83 Å². The van der Waals surface area contributed by atoms with Gasteiger partial charge in [-0.05, 0) is 31.9 Å². The van der Waals surface area contributed by atoms with Crippen molar-refractivity contribution in [3.8, 4) is 20.9 Å². The summed E-state index contributed by atoms with van der Waals surface area (Å²) < 4.78 is 19.8. The van der Waals surface area contributed by atoms with Crippen molar-refractivity contribution in [2.45, 2.75) is 0 Å². The molecular formula is C12H2Br2N6S4. The molecule has 1 aliphatic rings. The molecule has 0 saturated carbocycles. The third-order valence-electron chi connectivity index (χ3n) is 3.37. The van der Waals surface area contributed by atoms with E-state index < -0.39 is 0 Å². The number of thiazole rings is 2. The van der Waals surface area contributed by atoms with Crippen molar-refractivity contribution in [1.29, 1.82) is 0 Å². The van der Waals surface area contributed by atoms with E-state index in [4.69, 9.17) is 0 Å². The molecule has 12 heteroatoms. The number of nitrogens with zero attached hydrogens (tertiary/aromatic N) is 6. The van der Waals surface area contributed by atoms with Crippen molar-refractivity contribution in [3.05, 3.63) is 20.2 Å². The second-order valence-corrected chi connectivity index (χ2v) is 10.3. The quantitative estimate of drug-likeness (QED) is 0.279. The Morgan fingerprint density at radius 3 is 1.67 bits per heavy atom. The number of fused-ring (bicyclic) bond motifs is 2. The smallest absolute Gasteiger partial charge is 0.159 e. The third kappa shape index (κ3) is 2.28. The molecular weight excluding hydrogens is 516 g/mol. The Labute approximate surface area is 167 Å². The maximum atomic E-state index is 4.53. The molecule has 0 spiro atoms. The van der Waals surface area contributed by atoms with Gasteiger partial charge in [-0.1, -0.05) is 0 Å². The van der Waals surface area contributed by atoms with Gasteiger partial charge < -0.3 is 0 Å². The van der Waals surface area contributed by atoms with E-state index in [0.29, 0.717) is 0 Å². The molecule has 0 N–H and O–H groups in total. The monoisotopic (exact) mass is 516 g/mol. The van der Waals surface area contributed by atoms with Gasteiger partial charge >= 0.3 is 0 Å². The molecule has 118 valence electrons. The van der Waals surface area contributed by atoms with E-state index in [1.54, 1.807) is 22.7 Å². The first-order valence-electron chi connectivity index (χ1n) is 6.36. The number of halogens is 2. The molecule has 6 nitrogen and oxygen atoms in total. The van der Waals surface area contributed by atoms with E-state index in [-0.39, 0.29) is 0 Å². The van der Waals surface area contributed by atoms with Crippen molar-refractivity contribution in [3.63, 3.8) is 0 Å². The van der Waals surface area contributed by atoms with Gasteiger partial charge in [-0.25, -0.2) is 9.97 Å². The molecule has 1 aromatic carbocycles. The zero-order valence-electron chi connectivity index (χ0n) is 11.2. The Hall–Kier alpha value is -0.920. The molecule has 0 atom stereocenters. The number of hydrogen-bond donors (Lipinski definition) is 0. The minimum Gasteiger partial charge on any atom is -0.237 e. The molecule has 5 rings (SSSR count). The van der Waals surface area contributed by atoms with Gasteiger partial charge in [-0.15, -0.1) is 22.7 Å². The van der Waals surface area contributed by atoms with E-state index in [2.05, 4.69) is 59.3 Å². The summed E-state index contributed by atoms with van der Waals surface area (Å²) in [5.74, 6) is 0. The van der Waals surface area contributed by atoms with Crippen molar-refractivity contribution < 1.29 is 0 Å². The normalized spacial score (nSPS) is 12.8. The van der Waals surface area contributed by atoms with Gasteiger partial charge in [0.25, 0.3) is 0 Å². The second kappa shape index (κ2) is 5.81. The van der Waals surface area contributed by atoms with Crippen LogP contribution in [0.4, 0.5) is 11.4 Å². The van der Waals surface area contributed by atoms with Crippen LogP contribution in [0, 0.1) is 0 Å².